The number of nitrogens with zero attached hydrogens (tertiary/aromatic N) is 7. The van der Waals surface area contributed by atoms with Crippen LogP contribution in [0.25, 0.3) is 44.0 Å². The number of halogens is 2. The number of hydrogen-bond donors (Lipinski definition) is 1. The average molecular weight is 597 g/mol. The van der Waals surface area contributed by atoms with E-state index in [4.69, 9.17) is 9.72 Å². The molecule has 2 fully saturated rings. The minimum atomic E-state index is -0.644. The van der Waals surface area contributed by atoms with Crippen molar-refractivity contribution in [2.24, 2.45) is 0 Å². The Hall–Kier alpha value is -4.27. The molecular weight excluding hydrogens is 562 g/mol. The summed E-state index contributed by atoms with van der Waals surface area (Å²) in [5, 5.41) is 23.1. The van der Waals surface area contributed by atoms with Crippen molar-refractivity contribution < 1.29 is 13.5 Å². The van der Waals surface area contributed by atoms with Crippen LogP contribution >= 0.6 is 0 Å². The van der Waals surface area contributed by atoms with E-state index in [2.05, 4.69) is 38.6 Å². The number of fused-ring (bicyclic) bond motifs is 4. The lowest BCUT2D eigenvalue weighted by Gasteiger charge is -2.29. The van der Waals surface area contributed by atoms with Gasteiger partial charge in [0, 0.05) is 40.2 Å². The highest BCUT2D eigenvalue weighted by atomic mass is 19.1. The Balaban J connectivity index is 1.46. The van der Waals surface area contributed by atoms with Crippen molar-refractivity contribution >= 4 is 32.8 Å². The first-order valence-corrected chi connectivity index (χ1v) is 15.2. The zero-order valence-corrected chi connectivity index (χ0v) is 25.0. The third-order valence-electron chi connectivity index (χ3n) is 9.34. The molecule has 5 heterocycles. The molecule has 44 heavy (non-hydrogen) atoms. The Labute approximate surface area is 253 Å². The molecule has 226 valence electrons. The van der Waals surface area contributed by atoms with Crippen molar-refractivity contribution in [1.29, 1.82) is 5.26 Å². The van der Waals surface area contributed by atoms with Crippen molar-refractivity contribution in [1.82, 2.24) is 35.2 Å². The third-order valence-corrected chi connectivity index (χ3v) is 9.34. The van der Waals surface area contributed by atoms with Crippen LogP contribution in [0.15, 0.2) is 36.5 Å². The number of benzene rings is 2. The summed E-state index contributed by atoms with van der Waals surface area (Å²) in [4.78, 5) is 11.4. The summed E-state index contributed by atoms with van der Waals surface area (Å²) in [6.45, 7) is 5.48. The molecule has 0 radical (unpaired) electrons. The first-order chi connectivity index (χ1) is 21.4. The lowest BCUT2D eigenvalue weighted by atomic mass is 9.94. The largest absolute Gasteiger partial charge is 0.471 e. The minimum Gasteiger partial charge on any atom is -0.471 e. The van der Waals surface area contributed by atoms with Gasteiger partial charge in [-0.2, -0.15) is 5.26 Å². The number of rotatable bonds is 6. The zero-order chi connectivity index (χ0) is 30.5. The van der Waals surface area contributed by atoms with Crippen LogP contribution in [0.5, 0.6) is 5.88 Å². The minimum absolute atomic E-state index is 0.0201. The molecule has 2 aliphatic rings. The molecule has 0 spiro atoms. The van der Waals surface area contributed by atoms with Crippen LogP contribution in [0.2, 0.25) is 0 Å². The molecule has 0 amide bonds. The summed E-state index contributed by atoms with van der Waals surface area (Å²) < 4.78 is 40.8. The van der Waals surface area contributed by atoms with Gasteiger partial charge in [-0.3, -0.25) is 9.88 Å². The Morgan fingerprint density at radius 3 is 2.82 bits per heavy atom. The first-order valence-electron chi connectivity index (χ1n) is 15.2. The van der Waals surface area contributed by atoms with Crippen LogP contribution in [0.1, 0.15) is 50.6 Å². The molecule has 2 aromatic carbocycles. The molecule has 2 saturated heterocycles. The van der Waals surface area contributed by atoms with Crippen LogP contribution < -0.4 is 10.1 Å². The number of aryl methyl sites for hydroxylation is 1. The molecule has 5 aromatic rings. The van der Waals surface area contributed by atoms with Gasteiger partial charge < -0.3 is 10.1 Å². The molecular formula is C33H34F2N8O. The van der Waals surface area contributed by atoms with E-state index in [1.165, 1.54) is 6.07 Å². The first kappa shape index (κ1) is 28.5. The molecule has 0 saturated carbocycles. The van der Waals surface area contributed by atoms with Gasteiger partial charge in [0.25, 0.3) is 0 Å². The predicted octanol–water partition coefficient (Wildman–Crippen LogP) is 5.85. The topological polar surface area (TPSA) is 105 Å². The van der Waals surface area contributed by atoms with Crippen molar-refractivity contribution in [2.45, 2.75) is 70.2 Å². The van der Waals surface area contributed by atoms with Gasteiger partial charge in [0.2, 0.25) is 5.88 Å². The van der Waals surface area contributed by atoms with Gasteiger partial charge >= 0.3 is 0 Å². The fourth-order valence-electron chi connectivity index (χ4n) is 7.16. The van der Waals surface area contributed by atoms with Crippen LogP contribution in [-0.4, -0.2) is 68.2 Å². The van der Waals surface area contributed by atoms with Gasteiger partial charge in [-0.25, -0.2) is 18.4 Å². The number of piperidine rings is 1. The summed E-state index contributed by atoms with van der Waals surface area (Å²) in [7, 11) is 2.08. The SMILES string of the molecule is Cc1cc2c(nc(O[C@@H](C)[C@@H]3CCCN3C)c3nnn([C@H]4CCN[C@H](CC#N)C4)c32)c(F)c1-c1c(F)ccc2cccnc12. The molecule has 3 aromatic heterocycles. The van der Waals surface area contributed by atoms with E-state index < -0.39 is 11.6 Å². The molecule has 2 aliphatic heterocycles. The van der Waals surface area contributed by atoms with Gasteiger partial charge in [0.05, 0.1) is 24.0 Å². The Morgan fingerprint density at radius 2 is 2.02 bits per heavy atom. The summed E-state index contributed by atoms with van der Waals surface area (Å²) in [6.07, 6.45) is 5.25. The smallest absolute Gasteiger partial charge is 0.245 e. The lowest BCUT2D eigenvalue weighted by Crippen LogP contribution is -2.39. The van der Waals surface area contributed by atoms with Crippen molar-refractivity contribution in [2.75, 3.05) is 20.1 Å². The van der Waals surface area contributed by atoms with Crippen LogP contribution in [0, 0.1) is 29.9 Å². The van der Waals surface area contributed by atoms with Crippen LogP contribution in [0.3, 0.4) is 0 Å². The van der Waals surface area contributed by atoms with Gasteiger partial charge in [-0.1, -0.05) is 11.3 Å². The standard InChI is InChI=1S/C33H34F2N8O/c1-18-16-23-30(28(35)26(18)27-24(34)9-8-20-6-4-13-38-29(20)27)39-33(44-19(2)25-7-5-15-42(25)3)31-32(23)43(41-40-31)22-11-14-37-21(17-22)10-12-36/h4,6,8-9,13,16,19,21-22,25,37H,5,7,10-11,14-15,17H2,1-3H3/t19-,21+,22-,25-/m0/s1. The van der Waals surface area contributed by atoms with Crippen LogP contribution in [0.4, 0.5) is 8.78 Å². The molecule has 0 bridgehead atoms. The highest BCUT2D eigenvalue weighted by Crippen LogP contribution is 2.41. The fraction of sp³-hybridized carbons (Fsp3) is 0.424. The average Bonchev–Trinajstić information content (AvgIpc) is 3.66. The number of nitriles is 1. The van der Waals surface area contributed by atoms with E-state index in [1.807, 2.05) is 23.7 Å². The Bertz CT molecular complexity index is 1940. The summed E-state index contributed by atoms with van der Waals surface area (Å²) >= 11 is 0. The number of ether oxygens (including phenoxy) is 1. The number of nitrogens with one attached hydrogen (secondary N) is 1. The maximum atomic E-state index is 17.0. The maximum Gasteiger partial charge on any atom is 0.245 e. The van der Waals surface area contributed by atoms with Gasteiger partial charge in [-0.05, 0) is 89.5 Å². The van der Waals surface area contributed by atoms with Gasteiger partial charge in [-0.15, -0.1) is 5.10 Å². The Morgan fingerprint density at radius 1 is 1.16 bits per heavy atom. The van der Waals surface area contributed by atoms with Crippen molar-refractivity contribution in [3.05, 3.63) is 53.7 Å². The highest BCUT2D eigenvalue weighted by Gasteiger charge is 2.32. The highest BCUT2D eigenvalue weighted by molar-refractivity contribution is 6.07. The molecule has 4 atom stereocenters. The number of aromatic nitrogens is 5. The molecule has 11 heteroatoms. The summed E-state index contributed by atoms with van der Waals surface area (Å²) in [5.41, 5.74) is 2.32. The van der Waals surface area contributed by atoms with E-state index >= 15 is 8.78 Å². The fourth-order valence-corrected chi connectivity index (χ4v) is 7.16. The van der Waals surface area contributed by atoms with E-state index in [1.54, 1.807) is 25.3 Å². The quantitative estimate of drug-likeness (QED) is 0.260. The third kappa shape index (κ3) is 4.73. The molecule has 0 aliphatic carbocycles. The second kappa shape index (κ2) is 11.3. The Kier molecular flexibility index (Phi) is 7.34. The normalized spacial score (nSPS) is 21.7. The van der Waals surface area contributed by atoms with Gasteiger partial charge in [0.1, 0.15) is 23.0 Å². The lowest BCUT2D eigenvalue weighted by molar-refractivity contribution is 0.118. The van der Waals surface area contributed by atoms with Crippen LogP contribution in [-0.2, 0) is 0 Å². The second-order valence-corrected chi connectivity index (χ2v) is 12.1. The van der Waals surface area contributed by atoms with E-state index in [-0.39, 0.29) is 46.8 Å². The van der Waals surface area contributed by atoms with Crippen molar-refractivity contribution in [3.63, 3.8) is 0 Å². The monoisotopic (exact) mass is 596 g/mol. The van der Waals surface area contributed by atoms with E-state index in [9.17, 15) is 5.26 Å². The molecule has 1 N–H and O–H groups in total. The molecule has 0 unspecified atom stereocenters. The van der Waals surface area contributed by atoms with Crippen molar-refractivity contribution in [3.8, 4) is 23.1 Å². The number of likely N-dealkylation sites (tertiary alicyclic amines) is 1. The van der Waals surface area contributed by atoms with Gasteiger partial charge in [0.15, 0.2) is 11.3 Å². The summed E-state index contributed by atoms with van der Waals surface area (Å²) in [6, 6.07) is 10.8. The predicted molar refractivity (Wildman–Crippen MR) is 164 cm³/mol. The second-order valence-electron chi connectivity index (χ2n) is 12.1. The maximum absolute atomic E-state index is 17.0. The number of pyridine rings is 2. The van der Waals surface area contributed by atoms with E-state index in [0.29, 0.717) is 45.7 Å². The van der Waals surface area contributed by atoms with E-state index in [0.717, 1.165) is 32.4 Å². The summed E-state index contributed by atoms with van der Waals surface area (Å²) in [5.74, 6) is -0.993. The molecule has 9 nitrogen and oxygen atoms in total. The number of likely N-dealkylation sites (N-methyl/N-ethyl adjacent to an activating group) is 1. The molecule has 7 rings (SSSR count). The number of hydrogen-bond acceptors (Lipinski definition) is 8. The zero-order valence-electron chi connectivity index (χ0n) is 25.0.